The second kappa shape index (κ2) is 7.54. The Morgan fingerprint density at radius 1 is 1.29 bits per heavy atom. The highest BCUT2D eigenvalue weighted by Crippen LogP contribution is 2.11. The zero-order valence-electron chi connectivity index (χ0n) is 9.73. The Balaban J connectivity index is 4.05. The minimum atomic E-state index is 0.222. The van der Waals surface area contributed by atoms with Crippen LogP contribution in [0.25, 0.3) is 0 Å². The number of carbonyl (C=O) groups excluding carboxylic acids is 1. The number of hydrogen-bond acceptors (Lipinski definition) is 1. The van der Waals surface area contributed by atoms with E-state index in [0.717, 1.165) is 37.7 Å². The molecule has 0 saturated carbocycles. The summed E-state index contributed by atoms with van der Waals surface area (Å²) in [4.78, 5) is 11.2. The van der Waals surface area contributed by atoms with Crippen molar-refractivity contribution in [3.05, 3.63) is 23.8 Å². The number of carbonyl (C=O) groups is 1. The molecule has 0 aromatic carbocycles. The monoisotopic (exact) mass is 194 g/mol. The lowest BCUT2D eigenvalue weighted by Gasteiger charge is -2.02. The van der Waals surface area contributed by atoms with Crippen molar-refractivity contribution >= 4 is 5.78 Å². The predicted molar refractivity (Wildman–Crippen MR) is 62.3 cm³/mol. The van der Waals surface area contributed by atoms with Crippen LogP contribution in [0.2, 0.25) is 0 Å². The van der Waals surface area contributed by atoms with Gasteiger partial charge in [0.05, 0.1) is 0 Å². The molecule has 0 radical (unpaired) electrons. The lowest BCUT2D eigenvalue weighted by Crippen LogP contribution is -1.96. The normalized spacial score (nSPS) is 11.5. The Morgan fingerprint density at radius 3 is 2.36 bits per heavy atom. The molecule has 0 fully saturated rings. The fourth-order valence-electron chi connectivity index (χ4n) is 1.28. The van der Waals surface area contributed by atoms with Gasteiger partial charge in [0.1, 0.15) is 0 Å². The second-order valence-electron chi connectivity index (χ2n) is 3.88. The third-order valence-electron chi connectivity index (χ3n) is 2.21. The molecular weight excluding hydrogens is 172 g/mol. The van der Waals surface area contributed by atoms with Gasteiger partial charge in [0.25, 0.3) is 0 Å². The van der Waals surface area contributed by atoms with E-state index in [9.17, 15) is 4.79 Å². The van der Waals surface area contributed by atoms with Gasteiger partial charge in [-0.05, 0) is 45.1 Å². The van der Waals surface area contributed by atoms with Gasteiger partial charge in [0, 0.05) is 0 Å². The van der Waals surface area contributed by atoms with Crippen LogP contribution in [0.3, 0.4) is 0 Å². The Kier molecular flexibility index (Phi) is 7.09. The van der Waals surface area contributed by atoms with E-state index in [4.69, 9.17) is 0 Å². The first-order chi connectivity index (χ1) is 6.57. The Hall–Kier alpha value is -0.850. The van der Waals surface area contributed by atoms with Gasteiger partial charge in [-0.3, -0.25) is 4.79 Å². The zero-order valence-corrected chi connectivity index (χ0v) is 9.73. The Labute approximate surface area is 87.9 Å². The molecule has 0 aliphatic carbocycles. The van der Waals surface area contributed by atoms with E-state index in [2.05, 4.69) is 19.6 Å². The first-order valence-corrected chi connectivity index (χ1v) is 5.42. The minimum Gasteiger partial charge on any atom is -0.295 e. The highest BCUT2D eigenvalue weighted by atomic mass is 16.1. The molecule has 1 heteroatoms. The smallest absolute Gasteiger partial charge is 0.155 e. The number of hydrogen-bond donors (Lipinski definition) is 0. The molecule has 0 unspecified atom stereocenters. The van der Waals surface area contributed by atoms with E-state index in [-0.39, 0.29) is 5.78 Å². The van der Waals surface area contributed by atoms with Gasteiger partial charge in [-0.2, -0.15) is 0 Å². The van der Waals surface area contributed by atoms with Crippen LogP contribution in [0.5, 0.6) is 0 Å². The largest absolute Gasteiger partial charge is 0.295 e. The van der Waals surface area contributed by atoms with Gasteiger partial charge in [0.2, 0.25) is 0 Å². The van der Waals surface area contributed by atoms with E-state index in [1.807, 2.05) is 6.92 Å². The maximum absolute atomic E-state index is 11.2. The number of unbranched alkanes of at least 4 members (excludes halogenated alkanes) is 1. The van der Waals surface area contributed by atoms with Gasteiger partial charge >= 0.3 is 0 Å². The summed E-state index contributed by atoms with van der Waals surface area (Å²) in [5.74, 6) is 0.222. The molecule has 0 aromatic heterocycles. The van der Waals surface area contributed by atoms with E-state index < -0.39 is 0 Å². The van der Waals surface area contributed by atoms with E-state index in [0.29, 0.717) is 0 Å². The number of allylic oxidation sites excluding steroid dienone is 3. The molecular formula is C13H22O. The summed E-state index contributed by atoms with van der Waals surface area (Å²) in [5, 5.41) is 0. The highest BCUT2D eigenvalue weighted by Gasteiger charge is 2.01. The quantitative estimate of drug-likeness (QED) is 0.441. The van der Waals surface area contributed by atoms with Crippen molar-refractivity contribution in [1.82, 2.24) is 0 Å². The third-order valence-corrected chi connectivity index (χ3v) is 2.21. The number of ketones is 1. The predicted octanol–water partition coefficient (Wildman–Crippen LogP) is 4.05. The summed E-state index contributed by atoms with van der Waals surface area (Å²) >= 11 is 0. The molecule has 0 atom stereocenters. The number of rotatable bonds is 7. The SMILES string of the molecule is C=C(C)CC/C=C(\CCCC)C(C)=O. The van der Waals surface area contributed by atoms with Crippen LogP contribution in [0.15, 0.2) is 23.8 Å². The van der Waals surface area contributed by atoms with Gasteiger partial charge < -0.3 is 0 Å². The topological polar surface area (TPSA) is 17.1 Å². The fraction of sp³-hybridized carbons (Fsp3) is 0.615. The average molecular weight is 194 g/mol. The van der Waals surface area contributed by atoms with Crippen molar-refractivity contribution < 1.29 is 4.79 Å². The van der Waals surface area contributed by atoms with Crippen LogP contribution in [-0.4, -0.2) is 5.78 Å². The standard InChI is InChI=1S/C13H22O/c1-5-6-9-13(12(4)14)10-7-8-11(2)3/h10H,2,5-9H2,1,3-4H3/b13-10+. The molecule has 0 aliphatic heterocycles. The van der Waals surface area contributed by atoms with Gasteiger partial charge in [-0.25, -0.2) is 0 Å². The van der Waals surface area contributed by atoms with Crippen LogP contribution < -0.4 is 0 Å². The van der Waals surface area contributed by atoms with Crippen LogP contribution >= 0.6 is 0 Å². The highest BCUT2D eigenvalue weighted by molar-refractivity contribution is 5.93. The summed E-state index contributed by atoms with van der Waals surface area (Å²) in [7, 11) is 0. The lowest BCUT2D eigenvalue weighted by molar-refractivity contribution is -0.113. The fourth-order valence-corrected chi connectivity index (χ4v) is 1.28. The summed E-state index contributed by atoms with van der Waals surface area (Å²) in [6.07, 6.45) is 7.20. The van der Waals surface area contributed by atoms with Crippen LogP contribution in [0.1, 0.15) is 52.9 Å². The minimum absolute atomic E-state index is 0.222. The Bertz CT molecular complexity index is 223. The maximum Gasteiger partial charge on any atom is 0.155 e. The van der Waals surface area contributed by atoms with Crippen molar-refractivity contribution in [1.29, 1.82) is 0 Å². The molecule has 0 amide bonds. The second-order valence-corrected chi connectivity index (χ2v) is 3.88. The van der Waals surface area contributed by atoms with E-state index in [1.54, 1.807) is 6.92 Å². The summed E-state index contributed by atoms with van der Waals surface area (Å²) < 4.78 is 0. The zero-order chi connectivity index (χ0) is 11.0. The van der Waals surface area contributed by atoms with Crippen molar-refractivity contribution in [2.45, 2.75) is 52.9 Å². The van der Waals surface area contributed by atoms with Gasteiger partial charge in [-0.1, -0.05) is 25.0 Å². The average Bonchev–Trinajstić information content (AvgIpc) is 2.09. The molecule has 14 heavy (non-hydrogen) atoms. The molecule has 0 N–H and O–H groups in total. The lowest BCUT2D eigenvalue weighted by atomic mass is 10.0. The molecule has 0 rings (SSSR count). The Morgan fingerprint density at radius 2 is 1.93 bits per heavy atom. The van der Waals surface area contributed by atoms with Crippen LogP contribution in [-0.2, 0) is 4.79 Å². The molecule has 0 heterocycles. The molecule has 1 nitrogen and oxygen atoms in total. The van der Waals surface area contributed by atoms with E-state index >= 15 is 0 Å². The number of Topliss-reactive ketones (excluding diaryl/α,β-unsaturated/α-hetero) is 1. The van der Waals surface area contributed by atoms with Crippen LogP contribution in [0.4, 0.5) is 0 Å². The third kappa shape index (κ3) is 6.64. The molecule has 0 aromatic rings. The summed E-state index contributed by atoms with van der Waals surface area (Å²) in [6.45, 7) is 9.67. The van der Waals surface area contributed by atoms with Gasteiger partial charge in [0.15, 0.2) is 5.78 Å². The summed E-state index contributed by atoms with van der Waals surface area (Å²) in [5.41, 5.74) is 2.17. The maximum atomic E-state index is 11.2. The first kappa shape index (κ1) is 13.2. The van der Waals surface area contributed by atoms with Crippen molar-refractivity contribution in [3.63, 3.8) is 0 Å². The molecule has 0 spiro atoms. The van der Waals surface area contributed by atoms with E-state index in [1.165, 1.54) is 5.57 Å². The molecule has 80 valence electrons. The van der Waals surface area contributed by atoms with Crippen molar-refractivity contribution in [2.24, 2.45) is 0 Å². The van der Waals surface area contributed by atoms with Crippen molar-refractivity contribution in [2.75, 3.05) is 0 Å². The summed E-state index contributed by atoms with van der Waals surface area (Å²) in [6, 6.07) is 0. The molecule has 0 aliphatic rings. The molecule has 0 saturated heterocycles. The van der Waals surface area contributed by atoms with Crippen molar-refractivity contribution in [3.8, 4) is 0 Å². The first-order valence-electron chi connectivity index (χ1n) is 5.42. The van der Waals surface area contributed by atoms with Gasteiger partial charge in [-0.15, -0.1) is 6.58 Å². The molecule has 0 bridgehead atoms. The van der Waals surface area contributed by atoms with Crippen LogP contribution in [0, 0.1) is 0 Å².